The van der Waals surface area contributed by atoms with Gasteiger partial charge in [-0.05, 0) is 25.0 Å². The molecule has 0 fully saturated rings. The Bertz CT molecular complexity index is 326. The van der Waals surface area contributed by atoms with Crippen LogP contribution < -0.4 is 9.68 Å². The van der Waals surface area contributed by atoms with E-state index in [0.29, 0.717) is 18.6 Å². The van der Waals surface area contributed by atoms with Gasteiger partial charge in [0.2, 0.25) is 0 Å². The fourth-order valence-corrected chi connectivity index (χ4v) is 1.47. The third-order valence-electron chi connectivity index (χ3n) is 2.07. The van der Waals surface area contributed by atoms with Gasteiger partial charge in [-0.1, -0.05) is 0 Å². The van der Waals surface area contributed by atoms with E-state index in [9.17, 15) is 8.92 Å². The Morgan fingerprint density at radius 3 is 3.00 bits per heavy atom. The molecule has 1 aliphatic heterocycles. The van der Waals surface area contributed by atoms with Gasteiger partial charge < -0.3 is 4.74 Å². The number of fused-ring (bicyclic) bond motifs is 1. The molecule has 0 unspecified atom stereocenters. The summed E-state index contributed by atoms with van der Waals surface area (Å²) < 4.78 is 30.1. The molecule has 0 saturated heterocycles. The number of hydrogen-bond donors (Lipinski definition) is 0. The Morgan fingerprint density at radius 1 is 1.38 bits per heavy atom. The molecule has 13 heavy (non-hydrogen) atoms. The Balaban J connectivity index is 2.52. The first kappa shape index (κ1) is 8.29. The third kappa shape index (κ3) is 1.32. The lowest BCUT2D eigenvalue weighted by molar-refractivity contribution is -0.00823. The van der Waals surface area contributed by atoms with E-state index in [1.807, 2.05) is 0 Å². The first-order valence-corrected chi connectivity index (χ1v) is 4.05. The van der Waals surface area contributed by atoms with Crippen LogP contribution in [0.15, 0.2) is 12.1 Å². The van der Waals surface area contributed by atoms with Crippen LogP contribution in [0.3, 0.4) is 0 Å². The van der Waals surface area contributed by atoms with Crippen molar-refractivity contribution in [2.45, 2.75) is 12.8 Å². The van der Waals surface area contributed by atoms with E-state index in [2.05, 4.69) is 4.94 Å². The minimum Gasteiger partial charge on any atom is -0.490 e. The normalized spacial score (nSPS) is 14.6. The highest BCUT2D eigenvalue weighted by molar-refractivity contribution is 5.46. The molecule has 0 spiro atoms. The summed E-state index contributed by atoms with van der Waals surface area (Å²) in [6.45, 7) is 0.472. The molecule has 1 heterocycles. The lowest BCUT2D eigenvalue weighted by atomic mass is 10.1. The summed E-state index contributed by atoms with van der Waals surface area (Å²) >= 11 is 0. The maximum absolute atomic E-state index is 13.1. The Hall–Kier alpha value is -1.32. The first-order valence-electron chi connectivity index (χ1n) is 4.05. The summed E-state index contributed by atoms with van der Waals surface area (Å²) in [6.07, 6.45) is 1.35. The van der Waals surface area contributed by atoms with Gasteiger partial charge in [-0.2, -0.15) is 0 Å². The standard InChI is InChI=1S/C9H8F2O2/c10-7-3-4-8(13-11)6-2-1-5-12-9(6)7/h3-4H,1-2,5H2. The average Bonchev–Trinajstić information content (AvgIpc) is 2.19. The molecule has 1 aromatic carbocycles. The number of rotatable bonds is 1. The van der Waals surface area contributed by atoms with Crippen molar-refractivity contribution >= 4 is 0 Å². The molecule has 0 aliphatic carbocycles. The zero-order valence-corrected chi connectivity index (χ0v) is 6.85. The van der Waals surface area contributed by atoms with Crippen molar-refractivity contribution in [2.24, 2.45) is 0 Å². The summed E-state index contributed by atoms with van der Waals surface area (Å²) in [7, 11) is 0. The summed E-state index contributed by atoms with van der Waals surface area (Å²) in [5.74, 6) is -0.284. The van der Waals surface area contributed by atoms with Crippen molar-refractivity contribution < 1.29 is 18.6 Å². The van der Waals surface area contributed by atoms with E-state index in [1.165, 1.54) is 6.07 Å². The second-order valence-electron chi connectivity index (χ2n) is 2.88. The van der Waals surface area contributed by atoms with E-state index in [1.54, 1.807) is 0 Å². The second kappa shape index (κ2) is 3.20. The van der Waals surface area contributed by atoms with Crippen LogP contribution in [0.5, 0.6) is 11.5 Å². The van der Waals surface area contributed by atoms with Crippen molar-refractivity contribution in [1.29, 1.82) is 0 Å². The third-order valence-corrected chi connectivity index (χ3v) is 2.07. The molecule has 0 amide bonds. The molecule has 2 rings (SSSR count). The Kier molecular flexibility index (Phi) is 2.04. The number of hydrogen-bond acceptors (Lipinski definition) is 2. The molecule has 0 saturated carbocycles. The van der Waals surface area contributed by atoms with Crippen molar-refractivity contribution in [3.8, 4) is 11.5 Å². The van der Waals surface area contributed by atoms with Gasteiger partial charge in [0, 0.05) is 10.1 Å². The summed E-state index contributed by atoms with van der Waals surface area (Å²) in [6, 6.07) is 2.40. The van der Waals surface area contributed by atoms with Crippen LogP contribution in [-0.4, -0.2) is 6.61 Å². The minimum atomic E-state index is -0.462. The predicted molar refractivity (Wildman–Crippen MR) is 42.0 cm³/mol. The molecule has 4 heteroatoms. The molecule has 2 nitrogen and oxygen atoms in total. The van der Waals surface area contributed by atoms with Gasteiger partial charge in [0.1, 0.15) is 0 Å². The van der Waals surface area contributed by atoms with Gasteiger partial charge >= 0.3 is 0 Å². The van der Waals surface area contributed by atoms with Crippen molar-refractivity contribution in [1.82, 2.24) is 0 Å². The molecule has 0 N–H and O–H groups in total. The number of ether oxygens (including phenoxy) is 1. The summed E-state index contributed by atoms with van der Waals surface area (Å²) in [4.78, 5) is 3.62. The first-order chi connectivity index (χ1) is 6.33. The highest BCUT2D eigenvalue weighted by Crippen LogP contribution is 2.35. The van der Waals surface area contributed by atoms with Gasteiger partial charge in [0.25, 0.3) is 0 Å². The van der Waals surface area contributed by atoms with Crippen LogP contribution in [0.2, 0.25) is 0 Å². The maximum atomic E-state index is 13.1. The zero-order valence-electron chi connectivity index (χ0n) is 6.85. The van der Waals surface area contributed by atoms with E-state index >= 15 is 0 Å². The molecule has 70 valence electrons. The lowest BCUT2D eigenvalue weighted by Gasteiger charge is -2.18. The van der Waals surface area contributed by atoms with Gasteiger partial charge in [-0.3, -0.25) is 4.94 Å². The van der Waals surface area contributed by atoms with Gasteiger partial charge in [0.05, 0.1) is 6.61 Å². The van der Waals surface area contributed by atoms with E-state index < -0.39 is 5.82 Å². The zero-order chi connectivity index (χ0) is 9.26. The molecule has 0 radical (unpaired) electrons. The fourth-order valence-electron chi connectivity index (χ4n) is 1.47. The highest BCUT2D eigenvalue weighted by atomic mass is 19.3. The largest absolute Gasteiger partial charge is 0.490 e. The Labute approximate surface area is 74.0 Å². The molecule has 1 aromatic rings. The van der Waals surface area contributed by atoms with Crippen molar-refractivity contribution in [2.75, 3.05) is 6.61 Å². The summed E-state index contributed by atoms with van der Waals surface area (Å²) in [5.41, 5.74) is 0.480. The van der Waals surface area contributed by atoms with Crippen LogP contribution >= 0.6 is 0 Å². The van der Waals surface area contributed by atoms with Crippen LogP contribution in [0, 0.1) is 5.82 Å². The number of halogens is 2. The second-order valence-corrected chi connectivity index (χ2v) is 2.88. The van der Waals surface area contributed by atoms with E-state index in [0.717, 1.165) is 12.5 Å². The van der Waals surface area contributed by atoms with Gasteiger partial charge in [-0.15, -0.1) is 0 Å². The lowest BCUT2D eigenvalue weighted by Crippen LogP contribution is -2.10. The molecular formula is C9H8F2O2. The monoisotopic (exact) mass is 186 g/mol. The topological polar surface area (TPSA) is 18.5 Å². The van der Waals surface area contributed by atoms with Gasteiger partial charge in [0.15, 0.2) is 17.3 Å². The molecule has 1 aliphatic rings. The number of benzene rings is 1. The average molecular weight is 186 g/mol. The molecule has 0 aromatic heterocycles. The molecule has 0 bridgehead atoms. The van der Waals surface area contributed by atoms with E-state index in [-0.39, 0.29) is 11.5 Å². The van der Waals surface area contributed by atoms with Crippen LogP contribution in [-0.2, 0) is 6.42 Å². The smallest absolute Gasteiger partial charge is 0.178 e. The molecular weight excluding hydrogens is 178 g/mol. The van der Waals surface area contributed by atoms with Crippen LogP contribution in [0.25, 0.3) is 0 Å². The van der Waals surface area contributed by atoms with E-state index in [4.69, 9.17) is 4.74 Å². The minimum absolute atomic E-state index is 0.0519. The molecule has 0 atom stereocenters. The SMILES string of the molecule is FOc1ccc(F)c2c1CCCO2. The van der Waals surface area contributed by atoms with Crippen molar-refractivity contribution in [3.63, 3.8) is 0 Å². The Morgan fingerprint density at radius 2 is 2.23 bits per heavy atom. The van der Waals surface area contributed by atoms with Crippen molar-refractivity contribution in [3.05, 3.63) is 23.5 Å². The van der Waals surface area contributed by atoms with Crippen LogP contribution in [0.1, 0.15) is 12.0 Å². The quantitative estimate of drug-likeness (QED) is 0.670. The maximum Gasteiger partial charge on any atom is 0.178 e. The fraction of sp³-hybridized carbons (Fsp3) is 0.333. The highest BCUT2D eigenvalue weighted by Gasteiger charge is 2.19. The predicted octanol–water partition coefficient (Wildman–Crippen LogP) is 2.41. The summed E-state index contributed by atoms with van der Waals surface area (Å²) in [5, 5.41) is 0. The van der Waals surface area contributed by atoms with Crippen LogP contribution in [0.4, 0.5) is 8.92 Å². The van der Waals surface area contributed by atoms with Gasteiger partial charge in [-0.25, -0.2) is 4.39 Å².